The fourth-order valence-corrected chi connectivity index (χ4v) is 1.94. The van der Waals surface area contributed by atoms with Gasteiger partial charge in [-0.15, -0.1) is 0 Å². The van der Waals surface area contributed by atoms with Gasteiger partial charge in [0.25, 0.3) is 0 Å². The van der Waals surface area contributed by atoms with Gasteiger partial charge in [-0.2, -0.15) is 0 Å². The number of halogens is 1. The summed E-state index contributed by atoms with van der Waals surface area (Å²) >= 11 is 3.38. The Morgan fingerprint density at radius 3 is 2.68 bits per heavy atom. The molecule has 0 aliphatic heterocycles. The molecule has 19 heavy (non-hydrogen) atoms. The van der Waals surface area contributed by atoms with E-state index in [0.717, 1.165) is 22.2 Å². The summed E-state index contributed by atoms with van der Waals surface area (Å²) < 4.78 is 16.8. The molecule has 0 aromatic heterocycles. The normalized spacial score (nSPS) is 12.4. The monoisotopic (exact) mass is 332 g/mol. The molecular weight excluding hydrogens is 312 g/mol. The molecule has 0 spiro atoms. The molecule has 0 saturated heterocycles. The van der Waals surface area contributed by atoms with Crippen molar-refractivity contribution in [3.63, 3.8) is 0 Å². The van der Waals surface area contributed by atoms with E-state index in [2.05, 4.69) is 15.9 Å². The van der Waals surface area contributed by atoms with Gasteiger partial charge >= 0.3 is 0 Å². The summed E-state index contributed by atoms with van der Waals surface area (Å²) in [6.45, 7) is 4.15. The van der Waals surface area contributed by atoms with E-state index in [1.165, 1.54) is 0 Å². The summed E-state index contributed by atoms with van der Waals surface area (Å²) in [4.78, 5) is 0. The van der Waals surface area contributed by atoms with Crippen LogP contribution in [-0.4, -0.2) is 38.6 Å². The van der Waals surface area contributed by atoms with Crippen LogP contribution in [0.5, 0.6) is 5.75 Å². The maximum absolute atomic E-state index is 9.69. The Kier molecular flexibility index (Phi) is 8.05. The highest BCUT2D eigenvalue weighted by Gasteiger charge is 2.09. The molecule has 5 heteroatoms. The van der Waals surface area contributed by atoms with E-state index in [-0.39, 0.29) is 0 Å². The van der Waals surface area contributed by atoms with Crippen LogP contribution in [0, 0.1) is 0 Å². The highest BCUT2D eigenvalue weighted by Crippen LogP contribution is 2.28. The molecule has 0 saturated carbocycles. The number of rotatable bonds is 9. The fraction of sp³-hybridized carbons (Fsp3) is 0.571. The van der Waals surface area contributed by atoms with Gasteiger partial charge in [-0.25, -0.2) is 0 Å². The van der Waals surface area contributed by atoms with Gasteiger partial charge in [0.05, 0.1) is 25.9 Å². The van der Waals surface area contributed by atoms with Crippen molar-refractivity contribution < 1.29 is 19.3 Å². The Morgan fingerprint density at radius 1 is 1.21 bits per heavy atom. The maximum Gasteiger partial charge on any atom is 0.125 e. The molecule has 1 N–H and O–H groups in total. The first-order valence-electron chi connectivity index (χ1n) is 6.32. The zero-order chi connectivity index (χ0) is 14.1. The Bertz CT molecular complexity index is 368. The van der Waals surface area contributed by atoms with Crippen LogP contribution in [-0.2, 0) is 9.47 Å². The van der Waals surface area contributed by atoms with E-state index in [1.54, 1.807) is 14.0 Å². The first kappa shape index (κ1) is 16.4. The van der Waals surface area contributed by atoms with Crippen molar-refractivity contribution in [1.82, 2.24) is 0 Å². The highest BCUT2D eigenvalue weighted by atomic mass is 79.9. The number of methoxy groups -OCH3 is 1. The lowest BCUT2D eigenvalue weighted by Gasteiger charge is -2.14. The third-order valence-corrected chi connectivity index (χ3v) is 3.04. The molecule has 1 rings (SSSR count). The minimum Gasteiger partial charge on any atom is -0.493 e. The Labute approximate surface area is 122 Å². The smallest absolute Gasteiger partial charge is 0.125 e. The van der Waals surface area contributed by atoms with Gasteiger partial charge in [-0.3, -0.25) is 0 Å². The lowest BCUT2D eigenvalue weighted by atomic mass is 10.1. The molecule has 1 aromatic rings. The lowest BCUT2D eigenvalue weighted by molar-refractivity contribution is 0.0642. The van der Waals surface area contributed by atoms with Gasteiger partial charge in [0.2, 0.25) is 0 Å². The molecule has 1 atom stereocenters. The second-order valence-electron chi connectivity index (χ2n) is 4.17. The quantitative estimate of drug-likeness (QED) is 0.706. The standard InChI is InChI=1S/C14H21BrO4/c1-11(16)13-10-12(15)4-5-14(13)19-7-3-6-18-9-8-17-2/h4-5,10-11,16H,3,6-9H2,1-2H3/t11-/m0/s1. The predicted molar refractivity (Wildman–Crippen MR) is 77.6 cm³/mol. The van der Waals surface area contributed by atoms with Crippen LogP contribution in [0.25, 0.3) is 0 Å². The molecule has 0 fully saturated rings. The predicted octanol–water partition coefficient (Wildman–Crippen LogP) is 2.93. The maximum atomic E-state index is 9.69. The van der Waals surface area contributed by atoms with Crippen LogP contribution in [0.4, 0.5) is 0 Å². The molecule has 1 aromatic carbocycles. The Balaban J connectivity index is 2.33. The average Bonchev–Trinajstić information content (AvgIpc) is 2.39. The van der Waals surface area contributed by atoms with Crippen molar-refractivity contribution in [1.29, 1.82) is 0 Å². The number of hydrogen-bond donors (Lipinski definition) is 1. The SMILES string of the molecule is COCCOCCCOc1ccc(Br)cc1[C@H](C)O. The molecule has 4 nitrogen and oxygen atoms in total. The van der Waals surface area contributed by atoms with Crippen molar-refractivity contribution in [2.45, 2.75) is 19.4 Å². The zero-order valence-corrected chi connectivity index (χ0v) is 13.0. The van der Waals surface area contributed by atoms with Crippen LogP contribution in [0.1, 0.15) is 25.0 Å². The van der Waals surface area contributed by atoms with E-state index in [4.69, 9.17) is 14.2 Å². The van der Waals surface area contributed by atoms with E-state index in [0.29, 0.717) is 26.4 Å². The van der Waals surface area contributed by atoms with Gasteiger partial charge in [-0.05, 0) is 25.1 Å². The van der Waals surface area contributed by atoms with Crippen molar-refractivity contribution >= 4 is 15.9 Å². The van der Waals surface area contributed by atoms with Gasteiger partial charge in [-0.1, -0.05) is 15.9 Å². The largest absolute Gasteiger partial charge is 0.493 e. The van der Waals surface area contributed by atoms with Gasteiger partial charge in [0, 0.05) is 30.2 Å². The van der Waals surface area contributed by atoms with Crippen LogP contribution < -0.4 is 4.74 Å². The molecule has 0 amide bonds. The molecule has 0 radical (unpaired) electrons. The summed E-state index contributed by atoms with van der Waals surface area (Å²) in [5.41, 5.74) is 0.787. The highest BCUT2D eigenvalue weighted by molar-refractivity contribution is 9.10. The first-order valence-corrected chi connectivity index (χ1v) is 7.11. The molecule has 0 heterocycles. The number of benzene rings is 1. The third kappa shape index (κ3) is 6.38. The van der Waals surface area contributed by atoms with E-state index < -0.39 is 6.10 Å². The molecule has 0 aliphatic rings. The van der Waals surface area contributed by atoms with Crippen molar-refractivity contribution in [2.24, 2.45) is 0 Å². The molecule has 0 aliphatic carbocycles. The van der Waals surface area contributed by atoms with E-state index in [1.807, 2.05) is 18.2 Å². The van der Waals surface area contributed by atoms with E-state index in [9.17, 15) is 5.11 Å². The number of aliphatic hydroxyl groups excluding tert-OH is 1. The fourth-order valence-electron chi connectivity index (χ4n) is 1.56. The average molecular weight is 333 g/mol. The summed E-state index contributed by atoms with van der Waals surface area (Å²) in [7, 11) is 1.65. The summed E-state index contributed by atoms with van der Waals surface area (Å²) in [5.74, 6) is 0.718. The number of ether oxygens (including phenoxy) is 3. The lowest BCUT2D eigenvalue weighted by Crippen LogP contribution is -2.08. The topological polar surface area (TPSA) is 47.9 Å². The van der Waals surface area contributed by atoms with Gasteiger partial charge in [0.1, 0.15) is 5.75 Å². The summed E-state index contributed by atoms with van der Waals surface area (Å²) in [6, 6.07) is 5.63. The zero-order valence-electron chi connectivity index (χ0n) is 11.4. The van der Waals surface area contributed by atoms with Crippen LogP contribution in [0.3, 0.4) is 0 Å². The molecule has 0 unspecified atom stereocenters. The molecule has 108 valence electrons. The van der Waals surface area contributed by atoms with Crippen LogP contribution in [0.15, 0.2) is 22.7 Å². The van der Waals surface area contributed by atoms with Crippen molar-refractivity contribution in [3.05, 3.63) is 28.2 Å². The van der Waals surface area contributed by atoms with E-state index >= 15 is 0 Å². The van der Waals surface area contributed by atoms with Gasteiger partial charge < -0.3 is 19.3 Å². The summed E-state index contributed by atoms with van der Waals surface area (Å²) in [6.07, 6.45) is 0.254. The van der Waals surface area contributed by atoms with Gasteiger partial charge in [0.15, 0.2) is 0 Å². The number of hydrogen-bond acceptors (Lipinski definition) is 4. The molecule has 0 bridgehead atoms. The van der Waals surface area contributed by atoms with Crippen molar-refractivity contribution in [2.75, 3.05) is 33.5 Å². The second kappa shape index (κ2) is 9.31. The molecular formula is C14H21BrO4. The summed E-state index contributed by atoms with van der Waals surface area (Å²) in [5, 5.41) is 9.69. The van der Waals surface area contributed by atoms with Crippen molar-refractivity contribution in [3.8, 4) is 5.75 Å². The van der Waals surface area contributed by atoms with Crippen LogP contribution in [0.2, 0.25) is 0 Å². The van der Waals surface area contributed by atoms with Crippen LogP contribution >= 0.6 is 15.9 Å². The second-order valence-corrected chi connectivity index (χ2v) is 5.08. The third-order valence-electron chi connectivity index (χ3n) is 2.54. The Hall–Kier alpha value is -0.620. The number of aliphatic hydroxyl groups is 1. The minimum absolute atomic E-state index is 0.551. The first-order chi connectivity index (χ1) is 9.15. The Morgan fingerprint density at radius 2 is 2.00 bits per heavy atom. The minimum atomic E-state index is -0.551.